The number of carbonyl (C=O) groups is 1. The summed E-state index contributed by atoms with van der Waals surface area (Å²) in [4.78, 5) is 11.8. The first-order chi connectivity index (χ1) is 8.87. The van der Waals surface area contributed by atoms with Crippen molar-refractivity contribution in [2.24, 2.45) is 0 Å². The first-order valence-corrected chi connectivity index (χ1v) is 6.70. The van der Waals surface area contributed by atoms with Gasteiger partial charge in [0.2, 0.25) is 0 Å². The molecule has 0 heterocycles. The van der Waals surface area contributed by atoms with Crippen LogP contribution in [-0.2, 0) is 17.6 Å². The summed E-state index contributed by atoms with van der Waals surface area (Å²) in [7, 11) is 0. The summed E-state index contributed by atoms with van der Waals surface area (Å²) in [5.74, 6) is 0.324. The van der Waals surface area contributed by atoms with Crippen LogP contribution in [0, 0.1) is 0 Å². The van der Waals surface area contributed by atoms with Gasteiger partial charge < -0.3 is 9.84 Å². The molecule has 19 heavy (non-hydrogen) atoms. The Morgan fingerprint density at radius 1 is 1.21 bits per heavy atom. The van der Waals surface area contributed by atoms with Crippen LogP contribution in [0.4, 0.5) is 10.5 Å². The van der Waals surface area contributed by atoms with E-state index in [4.69, 9.17) is 4.74 Å². The van der Waals surface area contributed by atoms with Gasteiger partial charge in [-0.3, -0.25) is 5.32 Å². The van der Waals surface area contributed by atoms with E-state index in [1.165, 1.54) is 0 Å². The van der Waals surface area contributed by atoms with Crippen molar-refractivity contribution >= 4 is 11.8 Å². The fraction of sp³-hybridized carbons (Fsp3) is 0.533. The number of amides is 1. The van der Waals surface area contributed by atoms with Gasteiger partial charge in [-0.25, -0.2) is 4.79 Å². The third kappa shape index (κ3) is 3.40. The Labute approximate surface area is 113 Å². The van der Waals surface area contributed by atoms with Crippen LogP contribution in [-0.4, -0.2) is 16.8 Å². The number of ether oxygens (including phenoxy) is 1. The molecule has 0 radical (unpaired) electrons. The van der Waals surface area contributed by atoms with Crippen molar-refractivity contribution in [2.75, 3.05) is 5.32 Å². The molecular weight excluding hydrogens is 242 g/mol. The molecule has 0 bridgehead atoms. The fourth-order valence-electron chi connectivity index (χ4n) is 2.38. The summed E-state index contributed by atoms with van der Waals surface area (Å²) in [6.45, 7) is 5.50. The number of hydrogen-bond donors (Lipinski definition) is 2. The predicted molar refractivity (Wildman–Crippen MR) is 74.6 cm³/mol. The Bertz CT molecular complexity index is 489. The van der Waals surface area contributed by atoms with E-state index in [2.05, 4.69) is 5.32 Å². The van der Waals surface area contributed by atoms with Crippen LogP contribution in [0.1, 0.15) is 44.7 Å². The molecule has 0 saturated carbocycles. The third-order valence-corrected chi connectivity index (χ3v) is 3.15. The Morgan fingerprint density at radius 3 is 2.47 bits per heavy atom. The second-order valence-corrected chi connectivity index (χ2v) is 5.92. The minimum absolute atomic E-state index is 0.324. The Hall–Kier alpha value is -1.71. The highest BCUT2D eigenvalue weighted by molar-refractivity contribution is 5.86. The molecule has 0 aliphatic heterocycles. The number of phenolic OH excluding ortho intramolecular Hbond substituents is 1. The van der Waals surface area contributed by atoms with Crippen molar-refractivity contribution in [3.8, 4) is 5.75 Å². The highest BCUT2D eigenvalue weighted by atomic mass is 16.6. The van der Waals surface area contributed by atoms with Crippen LogP contribution in [0.3, 0.4) is 0 Å². The van der Waals surface area contributed by atoms with Gasteiger partial charge in [0.1, 0.15) is 11.4 Å². The summed E-state index contributed by atoms with van der Waals surface area (Å²) < 4.78 is 5.25. The zero-order chi connectivity index (χ0) is 14.0. The summed E-state index contributed by atoms with van der Waals surface area (Å²) >= 11 is 0. The Kier molecular flexibility index (Phi) is 3.69. The normalized spacial score (nSPS) is 14.7. The average Bonchev–Trinajstić information content (AvgIpc) is 2.31. The van der Waals surface area contributed by atoms with Gasteiger partial charge in [-0.15, -0.1) is 0 Å². The number of phenols is 1. The lowest BCUT2D eigenvalue weighted by Crippen LogP contribution is -2.27. The van der Waals surface area contributed by atoms with Crippen LogP contribution >= 0.6 is 0 Å². The van der Waals surface area contributed by atoms with E-state index in [1.54, 1.807) is 12.1 Å². The number of hydrogen-bond acceptors (Lipinski definition) is 3. The molecule has 104 valence electrons. The van der Waals surface area contributed by atoms with Gasteiger partial charge in [0.05, 0.1) is 0 Å². The number of nitrogens with one attached hydrogen (secondary N) is 1. The highest BCUT2D eigenvalue weighted by Crippen LogP contribution is 2.34. The van der Waals surface area contributed by atoms with Gasteiger partial charge in [0, 0.05) is 5.69 Å². The highest BCUT2D eigenvalue weighted by Gasteiger charge is 2.20. The molecule has 0 unspecified atom stereocenters. The third-order valence-electron chi connectivity index (χ3n) is 3.15. The maximum absolute atomic E-state index is 11.8. The lowest BCUT2D eigenvalue weighted by molar-refractivity contribution is 0.0635. The minimum Gasteiger partial charge on any atom is -0.508 e. The number of carbonyl (C=O) groups excluding carboxylic acids is 1. The van der Waals surface area contributed by atoms with E-state index in [-0.39, 0.29) is 0 Å². The van der Waals surface area contributed by atoms with Crippen molar-refractivity contribution in [1.29, 1.82) is 0 Å². The average molecular weight is 263 g/mol. The molecule has 0 atom stereocenters. The first kappa shape index (κ1) is 13.7. The van der Waals surface area contributed by atoms with Gasteiger partial charge in [0.25, 0.3) is 0 Å². The van der Waals surface area contributed by atoms with E-state index < -0.39 is 11.7 Å². The standard InChI is InChI=1S/C15H21NO3/c1-15(2,3)19-14(18)16-12-8-9-13(17)11-7-5-4-6-10(11)12/h8-9,17H,4-7H2,1-3H3,(H,16,18). The molecule has 0 spiro atoms. The molecule has 1 aliphatic rings. The lowest BCUT2D eigenvalue weighted by atomic mass is 9.89. The molecular formula is C15H21NO3. The summed E-state index contributed by atoms with van der Waals surface area (Å²) in [6, 6.07) is 3.38. The van der Waals surface area contributed by atoms with Gasteiger partial charge in [0.15, 0.2) is 0 Å². The number of aromatic hydroxyl groups is 1. The molecule has 1 aromatic carbocycles. The van der Waals surface area contributed by atoms with E-state index in [1.807, 2.05) is 20.8 Å². The zero-order valence-electron chi connectivity index (χ0n) is 11.7. The smallest absolute Gasteiger partial charge is 0.412 e. The molecule has 0 fully saturated rings. The molecule has 1 aromatic rings. The second-order valence-electron chi connectivity index (χ2n) is 5.92. The van der Waals surface area contributed by atoms with Crippen molar-refractivity contribution in [3.05, 3.63) is 23.3 Å². The molecule has 1 amide bonds. The molecule has 1 aliphatic carbocycles. The molecule has 4 nitrogen and oxygen atoms in total. The van der Waals surface area contributed by atoms with E-state index in [0.29, 0.717) is 5.75 Å². The summed E-state index contributed by atoms with van der Waals surface area (Å²) in [6.07, 6.45) is 3.46. The Morgan fingerprint density at radius 2 is 1.84 bits per heavy atom. The van der Waals surface area contributed by atoms with E-state index in [0.717, 1.165) is 42.5 Å². The zero-order valence-corrected chi connectivity index (χ0v) is 11.7. The first-order valence-electron chi connectivity index (χ1n) is 6.70. The fourth-order valence-corrected chi connectivity index (χ4v) is 2.38. The SMILES string of the molecule is CC(C)(C)OC(=O)Nc1ccc(O)c2c1CCCC2. The van der Waals surface area contributed by atoms with Crippen molar-refractivity contribution in [3.63, 3.8) is 0 Å². The number of benzene rings is 1. The quantitative estimate of drug-likeness (QED) is 0.761. The van der Waals surface area contributed by atoms with Gasteiger partial charge in [-0.1, -0.05) is 0 Å². The Balaban J connectivity index is 2.19. The minimum atomic E-state index is -0.513. The topological polar surface area (TPSA) is 58.6 Å². The molecule has 2 rings (SSSR count). The number of rotatable bonds is 1. The number of anilines is 1. The molecule has 4 heteroatoms. The second kappa shape index (κ2) is 5.11. The molecule has 2 N–H and O–H groups in total. The molecule has 0 saturated heterocycles. The summed E-state index contributed by atoms with van der Waals surface area (Å²) in [5, 5.41) is 12.6. The van der Waals surface area contributed by atoms with Gasteiger partial charge in [-0.05, 0) is 69.7 Å². The van der Waals surface area contributed by atoms with Gasteiger partial charge >= 0.3 is 6.09 Å². The van der Waals surface area contributed by atoms with Crippen LogP contribution in [0.15, 0.2) is 12.1 Å². The van der Waals surface area contributed by atoms with Crippen molar-refractivity contribution in [1.82, 2.24) is 0 Å². The maximum Gasteiger partial charge on any atom is 0.412 e. The molecule has 0 aromatic heterocycles. The largest absolute Gasteiger partial charge is 0.508 e. The van der Waals surface area contributed by atoms with Crippen LogP contribution in [0.25, 0.3) is 0 Å². The van der Waals surface area contributed by atoms with Crippen LogP contribution in [0.5, 0.6) is 5.75 Å². The maximum atomic E-state index is 11.8. The van der Waals surface area contributed by atoms with E-state index >= 15 is 0 Å². The van der Waals surface area contributed by atoms with Crippen LogP contribution < -0.4 is 5.32 Å². The van der Waals surface area contributed by atoms with Crippen molar-refractivity contribution in [2.45, 2.75) is 52.1 Å². The van der Waals surface area contributed by atoms with E-state index in [9.17, 15) is 9.90 Å². The van der Waals surface area contributed by atoms with Crippen LogP contribution in [0.2, 0.25) is 0 Å². The monoisotopic (exact) mass is 263 g/mol. The predicted octanol–water partition coefficient (Wildman–Crippen LogP) is 3.62. The summed E-state index contributed by atoms with van der Waals surface area (Å²) in [5.41, 5.74) is 2.24. The number of fused-ring (bicyclic) bond motifs is 1. The van der Waals surface area contributed by atoms with Crippen molar-refractivity contribution < 1.29 is 14.6 Å². The van der Waals surface area contributed by atoms with Gasteiger partial charge in [-0.2, -0.15) is 0 Å². The lowest BCUT2D eigenvalue weighted by Gasteiger charge is -2.23.